The van der Waals surface area contributed by atoms with E-state index >= 15 is 0 Å². The van der Waals surface area contributed by atoms with Crippen LogP contribution >= 0.6 is 0 Å². The van der Waals surface area contributed by atoms with E-state index in [4.69, 9.17) is 0 Å². The highest BCUT2D eigenvalue weighted by molar-refractivity contribution is 5.79. The van der Waals surface area contributed by atoms with Gasteiger partial charge < -0.3 is 0 Å². The third-order valence-electron chi connectivity index (χ3n) is 4.22. The molecule has 6 heteroatoms. The molecule has 0 bridgehead atoms. The summed E-state index contributed by atoms with van der Waals surface area (Å²) < 4.78 is 3.30. The average molecular weight is 305 g/mol. The molecule has 23 heavy (non-hydrogen) atoms. The molecule has 0 saturated heterocycles. The normalized spacial score (nSPS) is 11.4. The summed E-state index contributed by atoms with van der Waals surface area (Å²) in [7, 11) is 0. The van der Waals surface area contributed by atoms with Crippen molar-refractivity contribution in [3.63, 3.8) is 0 Å². The number of aromatic nitrogens is 5. The van der Waals surface area contributed by atoms with Gasteiger partial charge in [-0.3, -0.25) is 9.36 Å². The van der Waals surface area contributed by atoms with E-state index in [1.54, 1.807) is 15.3 Å². The van der Waals surface area contributed by atoms with Crippen molar-refractivity contribution >= 4 is 16.7 Å². The molecule has 0 amide bonds. The zero-order valence-electron chi connectivity index (χ0n) is 13.1. The Kier molecular flexibility index (Phi) is 2.81. The van der Waals surface area contributed by atoms with Crippen molar-refractivity contribution < 1.29 is 0 Å². The first-order valence-electron chi connectivity index (χ1n) is 7.35. The molecule has 4 rings (SSSR count). The SMILES string of the molecule is Cc1ccc(-n2c(C)cc3c(cnc4ncnn43)c2=O)cc1C. The monoisotopic (exact) mass is 305 g/mol. The average Bonchev–Trinajstić information content (AvgIpc) is 2.99. The second kappa shape index (κ2) is 4.74. The molecule has 0 N–H and O–H groups in total. The minimum absolute atomic E-state index is 0.104. The van der Waals surface area contributed by atoms with Crippen molar-refractivity contribution in [1.82, 2.24) is 24.1 Å². The maximum Gasteiger partial charge on any atom is 0.266 e. The molecule has 0 aliphatic carbocycles. The van der Waals surface area contributed by atoms with E-state index < -0.39 is 0 Å². The minimum atomic E-state index is -0.104. The number of benzene rings is 1. The van der Waals surface area contributed by atoms with Crippen LogP contribution in [0.3, 0.4) is 0 Å². The number of hydrogen-bond donors (Lipinski definition) is 0. The smallest absolute Gasteiger partial charge is 0.266 e. The Hall–Kier alpha value is -3.02. The number of pyridine rings is 1. The Balaban J connectivity index is 2.10. The Morgan fingerprint density at radius 3 is 2.61 bits per heavy atom. The minimum Gasteiger partial charge on any atom is -0.281 e. The van der Waals surface area contributed by atoms with Crippen LogP contribution in [-0.4, -0.2) is 24.1 Å². The van der Waals surface area contributed by atoms with Gasteiger partial charge in [-0.25, -0.2) is 4.98 Å². The second-order valence-electron chi connectivity index (χ2n) is 5.72. The molecule has 0 aliphatic heterocycles. The van der Waals surface area contributed by atoms with Crippen LogP contribution in [0.1, 0.15) is 16.8 Å². The summed E-state index contributed by atoms with van der Waals surface area (Å²) in [6.45, 7) is 6.01. The van der Waals surface area contributed by atoms with Crippen LogP contribution in [0.25, 0.3) is 22.4 Å². The first-order valence-corrected chi connectivity index (χ1v) is 7.35. The van der Waals surface area contributed by atoms with Crippen LogP contribution in [0.5, 0.6) is 0 Å². The number of aryl methyl sites for hydroxylation is 3. The molecule has 3 aromatic heterocycles. The van der Waals surface area contributed by atoms with E-state index in [0.29, 0.717) is 11.2 Å². The summed E-state index contributed by atoms with van der Waals surface area (Å²) in [5, 5.41) is 4.67. The zero-order valence-corrected chi connectivity index (χ0v) is 13.1. The summed E-state index contributed by atoms with van der Waals surface area (Å²) in [6, 6.07) is 7.95. The van der Waals surface area contributed by atoms with Gasteiger partial charge >= 0.3 is 0 Å². The van der Waals surface area contributed by atoms with E-state index in [9.17, 15) is 4.79 Å². The van der Waals surface area contributed by atoms with Crippen LogP contribution in [-0.2, 0) is 0 Å². The fourth-order valence-electron chi connectivity index (χ4n) is 2.83. The van der Waals surface area contributed by atoms with Crippen LogP contribution < -0.4 is 5.56 Å². The van der Waals surface area contributed by atoms with Gasteiger partial charge in [0.15, 0.2) is 0 Å². The topological polar surface area (TPSA) is 65.1 Å². The highest BCUT2D eigenvalue weighted by atomic mass is 16.1. The lowest BCUT2D eigenvalue weighted by atomic mass is 10.1. The van der Waals surface area contributed by atoms with Crippen molar-refractivity contribution in [3.8, 4) is 5.69 Å². The van der Waals surface area contributed by atoms with Gasteiger partial charge in [0.1, 0.15) is 6.33 Å². The van der Waals surface area contributed by atoms with Gasteiger partial charge in [0.05, 0.1) is 10.9 Å². The summed E-state index contributed by atoms with van der Waals surface area (Å²) in [6.07, 6.45) is 3.00. The molecule has 0 spiro atoms. The van der Waals surface area contributed by atoms with Crippen LogP contribution in [0.2, 0.25) is 0 Å². The highest BCUT2D eigenvalue weighted by Gasteiger charge is 2.12. The van der Waals surface area contributed by atoms with Gasteiger partial charge in [0.25, 0.3) is 11.3 Å². The number of nitrogens with zero attached hydrogens (tertiary/aromatic N) is 5. The van der Waals surface area contributed by atoms with Crippen molar-refractivity contribution in [1.29, 1.82) is 0 Å². The fourth-order valence-corrected chi connectivity index (χ4v) is 2.83. The van der Waals surface area contributed by atoms with Crippen molar-refractivity contribution in [2.45, 2.75) is 20.8 Å². The Bertz CT molecular complexity index is 1120. The number of fused-ring (bicyclic) bond motifs is 3. The van der Waals surface area contributed by atoms with Gasteiger partial charge in [-0.15, -0.1) is 0 Å². The molecule has 0 aliphatic rings. The largest absolute Gasteiger partial charge is 0.281 e. The summed E-state index contributed by atoms with van der Waals surface area (Å²) in [5.41, 5.74) is 4.66. The molecule has 0 atom stereocenters. The van der Waals surface area contributed by atoms with E-state index in [0.717, 1.165) is 22.5 Å². The molecule has 0 saturated carbocycles. The number of hydrogen-bond acceptors (Lipinski definition) is 4. The molecule has 0 fully saturated rings. The van der Waals surface area contributed by atoms with Crippen molar-refractivity contribution in [3.05, 3.63) is 64.0 Å². The predicted octanol–water partition coefficient (Wildman–Crippen LogP) is 2.35. The van der Waals surface area contributed by atoms with E-state index in [1.807, 2.05) is 38.1 Å². The van der Waals surface area contributed by atoms with E-state index in [2.05, 4.69) is 22.0 Å². The zero-order chi connectivity index (χ0) is 16.1. The molecule has 1 aromatic carbocycles. The number of rotatable bonds is 1. The first kappa shape index (κ1) is 13.6. The van der Waals surface area contributed by atoms with Crippen LogP contribution in [0, 0.1) is 20.8 Å². The summed E-state index contributed by atoms with van der Waals surface area (Å²) in [4.78, 5) is 21.2. The fraction of sp³-hybridized carbons (Fsp3) is 0.176. The van der Waals surface area contributed by atoms with E-state index in [-0.39, 0.29) is 5.56 Å². The molecule has 114 valence electrons. The third kappa shape index (κ3) is 1.95. The first-order chi connectivity index (χ1) is 11.1. The lowest BCUT2D eigenvalue weighted by molar-refractivity contribution is 0.924. The maximum atomic E-state index is 13.0. The predicted molar refractivity (Wildman–Crippen MR) is 88.1 cm³/mol. The standard InChI is InChI=1S/C17H15N5O/c1-10-4-5-13(6-11(10)2)21-12(3)7-15-14(16(21)23)8-18-17-19-9-20-22(15)17/h4-9H,1-3H3. The quantitative estimate of drug-likeness (QED) is 0.541. The van der Waals surface area contributed by atoms with Gasteiger partial charge in [0.2, 0.25) is 0 Å². The van der Waals surface area contributed by atoms with Crippen molar-refractivity contribution in [2.24, 2.45) is 0 Å². The van der Waals surface area contributed by atoms with E-state index in [1.165, 1.54) is 11.9 Å². The van der Waals surface area contributed by atoms with Gasteiger partial charge in [-0.1, -0.05) is 6.07 Å². The molecule has 6 nitrogen and oxygen atoms in total. The molecule has 0 radical (unpaired) electrons. The van der Waals surface area contributed by atoms with Crippen LogP contribution in [0.15, 0.2) is 41.6 Å². The molecule has 4 aromatic rings. The molecule has 3 heterocycles. The molecule has 0 unspecified atom stereocenters. The van der Waals surface area contributed by atoms with Gasteiger partial charge in [-0.05, 0) is 50.1 Å². The molecular weight excluding hydrogens is 290 g/mol. The maximum absolute atomic E-state index is 13.0. The second-order valence-corrected chi connectivity index (χ2v) is 5.72. The lowest BCUT2D eigenvalue weighted by Gasteiger charge is -2.13. The van der Waals surface area contributed by atoms with Gasteiger partial charge in [0, 0.05) is 17.6 Å². The Labute approximate surface area is 132 Å². The lowest BCUT2D eigenvalue weighted by Crippen LogP contribution is -2.22. The highest BCUT2D eigenvalue weighted by Crippen LogP contribution is 2.17. The Morgan fingerprint density at radius 2 is 1.83 bits per heavy atom. The van der Waals surface area contributed by atoms with Crippen LogP contribution in [0.4, 0.5) is 0 Å². The molecular formula is C17H15N5O. The van der Waals surface area contributed by atoms with Gasteiger partial charge in [-0.2, -0.15) is 14.6 Å². The summed E-state index contributed by atoms with van der Waals surface area (Å²) >= 11 is 0. The summed E-state index contributed by atoms with van der Waals surface area (Å²) in [5.74, 6) is 0.486. The third-order valence-corrected chi connectivity index (χ3v) is 4.22. The van der Waals surface area contributed by atoms with Crippen molar-refractivity contribution in [2.75, 3.05) is 0 Å². The Morgan fingerprint density at radius 1 is 1.00 bits per heavy atom.